The first-order valence-electron chi connectivity index (χ1n) is 9.33. The summed E-state index contributed by atoms with van der Waals surface area (Å²) in [7, 11) is 0. The van der Waals surface area contributed by atoms with Crippen molar-refractivity contribution < 1.29 is 22.7 Å². The lowest BCUT2D eigenvalue weighted by Crippen LogP contribution is -2.12. The van der Waals surface area contributed by atoms with E-state index in [9.17, 15) is 13.6 Å². The lowest BCUT2D eigenvalue weighted by Gasteiger charge is -2.07. The van der Waals surface area contributed by atoms with Crippen molar-refractivity contribution in [1.29, 1.82) is 0 Å². The first kappa shape index (κ1) is 21.9. The van der Waals surface area contributed by atoms with E-state index in [1.54, 1.807) is 35.1 Å². The summed E-state index contributed by atoms with van der Waals surface area (Å²) in [6.07, 6.45) is 1.67. The van der Waals surface area contributed by atoms with Crippen LogP contribution in [0.2, 0.25) is 10.0 Å². The number of nitrogens with one attached hydrogen (secondary N) is 1. The third-order valence-corrected chi connectivity index (χ3v) is 5.12. The minimum absolute atomic E-state index is 0.0203. The van der Waals surface area contributed by atoms with Crippen molar-refractivity contribution in [2.75, 3.05) is 5.32 Å². The fourth-order valence-corrected chi connectivity index (χ4v) is 3.38. The van der Waals surface area contributed by atoms with Crippen molar-refractivity contribution in [3.05, 3.63) is 99.6 Å². The Hall–Kier alpha value is -3.36. The smallest absolute Gasteiger partial charge is 0.292 e. The molecular formula is C22H15Cl2F2N3O3. The Balaban J connectivity index is 1.36. The molecule has 2 aromatic carbocycles. The number of hydrogen-bond acceptors (Lipinski definition) is 4. The number of anilines is 1. The van der Waals surface area contributed by atoms with E-state index in [4.69, 9.17) is 32.4 Å². The summed E-state index contributed by atoms with van der Waals surface area (Å²) in [5.41, 5.74) is 0.713. The standard InChI is InChI=1S/C22H15Cl2F2N3O3/c23-16-2-1-3-17(24)15(16)11-29-9-8-21(28-29)27-22(30)20-7-5-14(32-20)12-31-19-6-4-13(25)10-18(19)26/h1-10H,11-12H2,(H,27,28,30). The number of benzene rings is 2. The van der Waals surface area contributed by atoms with Crippen LogP contribution in [0.25, 0.3) is 0 Å². The maximum absolute atomic E-state index is 13.6. The number of furan rings is 1. The Morgan fingerprint density at radius 2 is 1.88 bits per heavy atom. The van der Waals surface area contributed by atoms with Gasteiger partial charge < -0.3 is 14.5 Å². The highest BCUT2D eigenvalue weighted by Gasteiger charge is 2.15. The van der Waals surface area contributed by atoms with E-state index in [0.717, 1.165) is 12.1 Å². The molecule has 0 aliphatic rings. The summed E-state index contributed by atoms with van der Waals surface area (Å²) in [5.74, 6) is -1.57. The van der Waals surface area contributed by atoms with E-state index in [-0.39, 0.29) is 23.9 Å². The zero-order chi connectivity index (χ0) is 22.7. The predicted molar refractivity (Wildman–Crippen MR) is 115 cm³/mol. The van der Waals surface area contributed by atoms with Crippen LogP contribution in [0.15, 0.2) is 65.2 Å². The van der Waals surface area contributed by atoms with Gasteiger partial charge in [0, 0.05) is 33.9 Å². The molecule has 0 bridgehead atoms. The molecule has 2 aromatic heterocycles. The lowest BCUT2D eigenvalue weighted by molar-refractivity contribution is 0.0992. The minimum atomic E-state index is -0.830. The van der Waals surface area contributed by atoms with Gasteiger partial charge in [-0.1, -0.05) is 29.3 Å². The van der Waals surface area contributed by atoms with Crippen LogP contribution in [0, 0.1) is 11.6 Å². The average Bonchev–Trinajstić information content (AvgIpc) is 3.40. The van der Waals surface area contributed by atoms with Crippen LogP contribution in [-0.2, 0) is 13.2 Å². The number of aromatic nitrogens is 2. The van der Waals surface area contributed by atoms with Gasteiger partial charge in [-0.2, -0.15) is 5.10 Å². The first-order valence-corrected chi connectivity index (χ1v) is 10.1. The second kappa shape index (κ2) is 9.42. The second-order valence-corrected chi connectivity index (χ2v) is 7.50. The van der Waals surface area contributed by atoms with Crippen molar-refractivity contribution in [1.82, 2.24) is 9.78 Å². The molecule has 164 valence electrons. The molecule has 1 amide bonds. The van der Waals surface area contributed by atoms with E-state index in [1.807, 2.05) is 0 Å². The Bertz CT molecular complexity index is 1250. The number of ether oxygens (including phenoxy) is 1. The quantitative estimate of drug-likeness (QED) is 0.357. The van der Waals surface area contributed by atoms with E-state index in [2.05, 4.69) is 10.4 Å². The zero-order valence-electron chi connectivity index (χ0n) is 16.3. The van der Waals surface area contributed by atoms with Gasteiger partial charge in [0.1, 0.15) is 18.2 Å². The van der Waals surface area contributed by atoms with Crippen LogP contribution in [0.5, 0.6) is 5.75 Å². The van der Waals surface area contributed by atoms with Crippen LogP contribution in [0.1, 0.15) is 21.9 Å². The number of halogens is 4. The van der Waals surface area contributed by atoms with E-state index >= 15 is 0 Å². The Labute approximate surface area is 191 Å². The summed E-state index contributed by atoms with van der Waals surface area (Å²) in [4.78, 5) is 12.4. The molecule has 0 saturated carbocycles. The van der Waals surface area contributed by atoms with E-state index < -0.39 is 17.5 Å². The Morgan fingerprint density at radius 1 is 1.09 bits per heavy atom. The molecule has 0 radical (unpaired) electrons. The maximum Gasteiger partial charge on any atom is 0.292 e. The average molecular weight is 478 g/mol. The molecule has 0 unspecified atom stereocenters. The molecule has 0 aliphatic carbocycles. The Morgan fingerprint density at radius 3 is 2.62 bits per heavy atom. The fraction of sp³-hybridized carbons (Fsp3) is 0.0909. The molecule has 4 rings (SSSR count). The maximum atomic E-state index is 13.6. The number of rotatable bonds is 7. The molecule has 6 nitrogen and oxygen atoms in total. The summed E-state index contributed by atoms with van der Waals surface area (Å²) in [6.45, 7) is 0.194. The molecule has 4 aromatic rings. The van der Waals surface area contributed by atoms with Crippen LogP contribution in [0.4, 0.5) is 14.6 Å². The van der Waals surface area contributed by atoms with Gasteiger partial charge in [-0.05, 0) is 36.4 Å². The number of nitrogens with zero attached hydrogens (tertiary/aromatic N) is 2. The van der Waals surface area contributed by atoms with Crippen molar-refractivity contribution in [2.24, 2.45) is 0 Å². The first-order chi connectivity index (χ1) is 15.4. The molecular weight excluding hydrogens is 463 g/mol. The third kappa shape index (κ3) is 5.09. The molecule has 0 atom stereocenters. The highest BCUT2D eigenvalue weighted by molar-refractivity contribution is 6.35. The second-order valence-electron chi connectivity index (χ2n) is 6.68. The largest absolute Gasteiger partial charge is 0.483 e. The number of hydrogen-bond donors (Lipinski definition) is 1. The summed E-state index contributed by atoms with van der Waals surface area (Å²) in [6, 6.07) is 12.8. The molecule has 1 N–H and O–H groups in total. The van der Waals surface area contributed by atoms with Gasteiger partial charge in [0.05, 0.1) is 6.54 Å². The van der Waals surface area contributed by atoms with Crippen LogP contribution >= 0.6 is 23.2 Å². The summed E-state index contributed by atoms with van der Waals surface area (Å²) >= 11 is 12.4. The van der Waals surface area contributed by atoms with E-state index in [1.165, 1.54) is 18.2 Å². The van der Waals surface area contributed by atoms with Crippen molar-refractivity contribution in [3.63, 3.8) is 0 Å². The van der Waals surface area contributed by atoms with Gasteiger partial charge >= 0.3 is 0 Å². The third-order valence-electron chi connectivity index (χ3n) is 4.41. The van der Waals surface area contributed by atoms with Gasteiger partial charge in [0.2, 0.25) is 0 Å². The molecule has 0 spiro atoms. The lowest BCUT2D eigenvalue weighted by atomic mass is 10.2. The fourth-order valence-electron chi connectivity index (χ4n) is 2.86. The number of carbonyl (C=O) groups excluding carboxylic acids is 1. The SMILES string of the molecule is O=C(Nc1ccn(Cc2c(Cl)cccc2Cl)n1)c1ccc(COc2ccc(F)cc2F)o1. The van der Waals surface area contributed by atoms with Gasteiger partial charge in [0.15, 0.2) is 23.1 Å². The van der Waals surface area contributed by atoms with Crippen LogP contribution in [-0.4, -0.2) is 15.7 Å². The Kier molecular flexibility index (Phi) is 6.43. The molecule has 0 aliphatic heterocycles. The molecule has 0 fully saturated rings. The van der Waals surface area contributed by atoms with Gasteiger partial charge in [-0.15, -0.1) is 0 Å². The van der Waals surface area contributed by atoms with Gasteiger partial charge in [-0.3, -0.25) is 9.48 Å². The highest BCUT2D eigenvalue weighted by Crippen LogP contribution is 2.25. The summed E-state index contributed by atoms with van der Waals surface area (Å²) < 4.78 is 38.9. The van der Waals surface area contributed by atoms with Crippen LogP contribution < -0.4 is 10.1 Å². The minimum Gasteiger partial charge on any atom is -0.483 e. The van der Waals surface area contributed by atoms with Crippen LogP contribution in [0.3, 0.4) is 0 Å². The predicted octanol–water partition coefficient (Wildman–Crippen LogP) is 5.94. The van der Waals surface area contributed by atoms with Gasteiger partial charge in [0.25, 0.3) is 5.91 Å². The molecule has 32 heavy (non-hydrogen) atoms. The van der Waals surface area contributed by atoms with Crippen molar-refractivity contribution in [3.8, 4) is 5.75 Å². The van der Waals surface area contributed by atoms with Gasteiger partial charge in [-0.25, -0.2) is 8.78 Å². The number of amides is 1. The van der Waals surface area contributed by atoms with E-state index in [0.29, 0.717) is 28.0 Å². The summed E-state index contributed by atoms with van der Waals surface area (Å²) in [5, 5.41) is 7.94. The van der Waals surface area contributed by atoms with Crippen molar-refractivity contribution >= 4 is 34.9 Å². The molecule has 0 saturated heterocycles. The monoisotopic (exact) mass is 477 g/mol. The normalized spacial score (nSPS) is 10.9. The molecule has 2 heterocycles. The zero-order valence-corrected chi connectivity index (χ0v) is 17.8. The topological polar surface area (TPSA) is 69.3 Å². The number of carbonyl (C=O) groups is 1. The van der Waals surface area contributed by atoms with Crippen molar-refractivity contribution in [2.45, 2.75) is 13.2 Å². The highest BCUT2D eigenvalue weighted by atomic mass is 35.5. The molecule has 10 heteroatoms.